The molecule has 1 aliphatic carbocycles. The van der Waals surface area contributed by atoms with E-state index in [0.29, 0.717) is 12.3 Å². The number of aliphatic carboxylic acids is 1. The topological polar surface area (TPSA) is 37.3 Å². The minimum Gasteiger partial charge on any atom is -0.481 e. The van der Waals surface area contributed by atoms with E-state index < -0.39 is 11.4 Å². The molecule has 0 aromatic heterocycles. The molecule has 0 amide bonds. The van der Waals surface area contributed by atoms with Crippen molar-refractivity contribution in [2.24, 2.45) is 17.3 Å². The predicted molar refractivity (Wildman–Crippen MR) is 75.3 cm³/mol. The van der Waals surface area contributed by atoms with E-state index in [1.165, 1.54) is 0 Å². The Morgan fingerprint density at radius 1 is 1.22 bits per heavy atom. The molecule has 1 aliphatic rings. The zero-order chi connectivity index (χ0) is 13.6. The highest BCUT2D eigenvalue weighted by Crippen LogP contribution is 2.49. The van der Waals surface area contributed by atoms with Gasteiger partial charge in [-0.25, -0.2) is 0 Å². The van der Waals surface area contributed by atoms with E-state index in [1.54, 1.807) is 6.08 Å². The summed E-state index contributed by atoms with van der Waals surface area (Å²) in [5.41, 5.74) is -0.631. The molecule has 0 saturated heterocycles. The molecule has 3 unspecified atom stereocenters. The maximum atomic E-state index is 11.7. The van der Waals surface area contributed by atoms with Crippen molar-refractivity contribution in [3.63, 3.8) is 0 Å². The molecule has 2 heteroatoms. The van der Waals surface area contributed by atoms with E-state index in [4.69, 9.17) is 0 Å². The van der Waals surface area contributed by atoms with Gasteiger partial charge in [0.05, 0.1) is 5.41 Å². The average molecular weight is 248 g/mol. The molecule has 1 rings (SSSR count). The van der Waals surface area contributed by atoms with Crippen LogP contribution in [0.5, 0.6) is 0 Å². The maximum absolute atomic E-state index is 11.7. The highest BCUT2D eigenvalue weighted by molar-refractivity contribution is 5.75. The molecule has 1 N–H and O–H groups in total. The van der Waals surface area contributed by atoms with E-state index in [-0.39, 0.29) is 5.92 Å². The minimum absolute atomic E-state index is 0.171. The molecule has 2 nitrogen and oxygen atoms in total. The third-order valence-electron chi connectivity index (χ3n) is 4.28. The van der Waals surface area contributed by atoms with Gasteiger partial charge in [-0.2, -0.15) is 0 Å². The minimum atomic E-state index is -0.675. The molecular formula is C16H24O2. The number of carbonyl (C=O) groups is 1. The van der Waals surface area contributed by atoms with Gasteiger partial charge in [0.25, 0.3) is 0 Å². The van der Waals surface area contributed by atoms with Gasteiger partial charge in [0, 0.05) is 0 Å². The van der Waals surface area contributed by atoms with Crippen LogP contribution in [0.2, 0.25) is 0 Å². The third-order valence-corrected chi connectivity index (χ3v) is 4.28. The molecule has 1 saturated carbocycles. The van der Waals surface area contributed by atoms with Crippen molar-refractivity contribution >= 4 is 5.97 Å². The average Bonchev–Trinajstić information content (AvgIpc) is 2.33. The smallest absolute Gasteiger partial charge is 0.310 e. The second-order valence-electron chi connectivity index (χ2n) is 5.34. The van der Waals surface area contributed by atoms with Gasteiger partial charge < -0.3 is 5.11 Å². The van der Waals surface area contributed by atoms with Crippen molar-refractivity contribution in [3.05, 3.63) is 38.0 Å². The summed E-state index contributed by atoms with van der Waals surface area (Å²) in [7, 11) is 0. The Morgan fingerprint density at radius 3 is 2.39 bits per heavy atom. The first-order valence-corrected chi connectivity index (χ1v) is 6.66. The molecular weight excluding hydrogens is 224 g/mol. The monoisotopic (exact) mass is 248 g/mol. The van der Waals surface area contributed by atoms with Gasteiger partial charge in [-0.3, -0.25) is 4.79 Å². The van der Waals surface area contributed by atoms with Crippen LogP contribution in [0.3, 0.4) is 0 Å². The van der Waals surface area contributed by atoms with Gasteiger partial charge >= 0.3 is 5.97 Å². The Morgan fingerprint density at radius 2 is 1.89 bits per heavy atom. The summed E-state index contributed by atoms with van der Waals surface area (Å²) >= 11 is 0. The van der Waals surface area contributed by atoms with Crippen molar-refractivity contribution in [2.75, 3.05) is 0 Å². The van der Waals surface area contributed by atoms with E-state index in [1.807, 2.05) is 12.2 Å². The van der Waals surface area contributed by atoms with Crippen LogP contribution in [0.4, 0.5) is 0 Å². The molecule has 18 heavy (non-hydrogen) atoms. The number of allylic oxidation sites excluding steroid dienone is 3. The third kappa shape index (κ3) is 2.92. The van der Waals surface area contributed by atoms with Gasteiger partial charge in [-0.15, -0.1) is 19.7 Å². The van der Waals surface area contributed by atoms with E-state index in [9.17, 15) is 9.90 Å². The summed E-state index contributed by atoms with van der Waals surface area (Å²) in [6.45, 7) is 11.3. The Labute approximate surface area is 110 Å². The fourth-order valence-corrected chi connectivity index (χ4v) is 3.28. The van der Waals surface area contributed by atoms with Gasteiger partial charge in [0.15, 0.2) is 0 Å². The van der Waals surface area contributed by atoms with Gasteiger partial charge in [-0.05, 0) is 50.4 Å². The normalized spacial score (nSPS) is 31.6. The Bertz CT molecular complexity index is 332. The van der Waals surface area contributed by atoms with Gasteiger partial charge in [0.1, 0.15) is 0 Å². The number of carboxylic acids is 1. The number of hydrogen-bond donors (Lipinski definition) is 1. The molecule has 0 aliphatic heterocycles. The van der Waals surface area contributed by atoms with Crippen molar-refractivity contribution < 1.29 is 9.90 Å². The SMILES string of the molecule is C=CCC1CCC(CC=C)(C(=O)O)C(CC=C)C1. The Hall–Kier alpha value is -1.31. The fourth-order valence-electron chi connectivity index (χ4n) is 3.28. The van der Waals surface area contributed by atoms with Crippen molar-refractivity contribution in [2.45, 2.75) is 38.5 Å². The number of hydrogen-bond acceptors (Lipinski definition) is 1. The first-order chi connectivity index (χ1) is 8.60. The van der Waals surface area contributed by atoms with Gasteiger partial charge in [0.2, 0.25) is 0 Å². The summed E-state index contributed by atoms with van der Waals surface area (Å²) in [5.74, 6) is 0.0697. The first-order valence-electron chi connectivity index (χ1n) is 6.66. The standard InChI is InChI=1S/C16H24O2/c1-4-7-13-9-11-16(10-6-3,15(17)18)14(12-13)8-5-2/h4-6,13-14H,1-3,7-12H2,(H,17,18). The van der Waals surface area contributed by atoms with Crippen LogP contribution in [0.25, 0.3) is 0 Å². The lowest BCUT2D eigenvalue weighted by atomic mass is 9.60. The molecule has 0 aromatic rings. The van der Waals surface area contributed by atoms with Gasteiger partial charge in [-0.1, -0.05) is 18.2 Å². The second-order valence-corrected chi connectivity index (χ2v) is 5.34. The molecule has 0 radical (unpaired) electrons. The van der Waals surface area contributed by atoms with Crippen LogP contribution in [0, 0.1) is 17.3 Å². The first kappa shape index (κ1) is 14.7. The zero-order valence-corrected chi connectivity index (χ0v) is 11.1. The summed E-state index contributed by atoms with van der Waals surface area (Å²) in [5, 5.41) is 9.63. The second kappa shape index (κ2) is 6.58. The van der Waals surface area contributed by atoms with E-state index in [2.05, 4.69) is 19.7 Å². The largest absolute Gasteiger partial charge is 0.481 e. The lowest BCUT2D eigenvalue weighted by molar-refractivity contribution is -0.156. The van der Waals surface area contributed by atoms with Crippen LogP contribution in [0.1, 0.15) is 38.5 Å². The van der Waals surface area contributed by atoms with Crippen molar-refractivity contribution in [1.29, 1.82) is 0 Å². The number of carboxylic acid groups (broad SMARTS) is 1. The molecule has 0 bridgehead atoms. The maximum Gasteiger partial charge on any atom is 0.310 e. The summed E-state index contributed by atoms with van der Waals surface area (Å²) < 4.78 is 0. The highest BCUT2D eigenvalue weighted by atomic mass is 16.4. The summed E-state index contributed by atoms with van der Waals surface area (Å²) in [4.78, 5) is 11.7. The van der Waals surface area contributed by atoms with Crippen LogP contribution < -0.4 is 0 Å². The molecule has 3 atom stereocenters. The highest BCUT2D eigenvalue weighted by Gasteiger charge is 2.47. The van der Waals surface area contributed by atoms with Crippen LogP contribution >= 0.6 is 0 Å². The zero-order valence-electron chi connectivity index (χ0n) is 11.1. The van der Waals surface area contributed by atoms with Crippen LogP contribution in [-0.2, 0) is 4.79 Å². The lowest BCUT2D eigenvalue weighted by Crippen LogP contribution is -2.42. The van der Waals surface area contributed by atoms with Crippen molar-refractivity contribution in [3.8, 4) is 0 Å². The van der Waals surface area contributed by atoms with Crippen molar-refractivity contribution in [1.82, 2.24) is 0 Å². The Kier molecular flexibility index (Phi) is 5.39. The molecule has 100 valence electrons. The lowest BCUT2D eigenvalue weighted by Gasteiger charge is -2.43. The summed E-state index contributed by atoms with van der Waals surface area (Å²) in [6.07, 6.45) is 10.5. The molecule has 0 heterocycles. The molecule has 1 fully saturated rings. The van der Waals surface area contributed by atoms with E-state index >= 15 is 0 Å². The number of rotatable bonds is 7. The quantitative estimate of drug-likeness (QED) is 0.685. The fraction of sp³-hybridized carbons (Fsp3) is 0.562. The molecule has 0 aromatic carbocycles. The molecule has 0 spiro atoms. The Balaban J connectivity index is 2.93. The van der Waals surface area contributed by atoms with Crippen LogP contribution in [-0.4, -0.2) is 11.1 Å². The van der Waals surface area contributed by atoms with Crippen LogP contribution in [0.15, 0.2) is 38.0 Å². The predicted octanol–water partition coefficient (Wildman–Crippen LogP) is 4.20. The summed E-state index contributed by atoms with van der Waals surface area (Å²) in [6, 6.07) is 0. The van der Waals surface area contributed by atoms with E-state index in [0.717, 1.165) is 32.1 Å².